The maximum atomic E-state index is 12.0. The molecule has 0 aliphatic carbocycles. The van der Waals surface area contributed by atoms with Gasteiger partial charge in [0.05, 0.1) is 10.2 Å². The lowest BCUT2D eigenvalue weighted by molar-refractivity contribution is -0.177. The van der Waals surface area contributed by atoms with Gasteiger partial charge >= 0.3 is 6.18 Å². The average molecular weight is 362 g/mol. The van der Waals surface area contributed by atoms with Crippen LogP contribution in [0.1, 0.15) is 25.4 Å². The van der Waals surface area contributed by atoms with Crippen LogP contribution in [0.25, 0.3) is 0 Å². The molecule has 0 N–H and O–H groups in total. The lowest BCUT2D eigenvalue weighted by Gasteiger charge is -2.11. The third-order valence-corrected chi connectivity index (χ3v) is 3.36. The largest absolute Gasteiger partial charge is 0.411 e. The summed E-state index contributed by atoms with van der Waals surface area (Å²) < 4.78 is 40.9. The zero-order chi connectivity index (χ0) is 14.6. The van der Waals surface area contributed by atoms with Crippen LogP contribution in [0.4, 0.5) is 13.2 Å². The van der Waals surface area contributed by atoms with Crippen molar-refractivity contribution in [1.29, 1.82) is 0 Å². The van der Waals surface area contributed by atoms with E-state index in [2.05, 4.69) is 30.6 Å². The molecule has 3 nitrogen and oxygen atoms in total. The number of hydrogen-bond donors (Lipinski definition) is 0. The smallest absolute Gasteiger partial charge is 0.364 e. The SMILES string of the molecule is CC(C)Cc1nc(COCC(F)(F)F)nc(Cl)c1Br. The van der Waals surface area contributed by atoms with Gasteiger partial charge in [-0.3, -0.25) is 0 Å². The van der Waals surface area contributed by atoms with Gasteiger partial charge in [-0.2, -0.15) is 13.2 Å². The first-order valence-corrected chi connectivity index (χ1v) is 6.71. The summed E-state index contributed by atoms with van der Waals surface area (Å²) in [6.45, 7) is 2.35. The summed E-state index contributed by atoms with van der Waals surface area (Å²) in [6, 6.07) is 0. The zero-order valence-electron chi connectivity index (χ0n) is 10.4. The highest BCUT2D eigenvalue weighted by Crippen LogP contribution is 2.25. The van der Waals surface area contributed by atoms with Crippen LogP contribution in [-0.2, 0) is 17.8 Å². The summed E-state index contributed by atoms with van der Waals surface area (Å²) in [6.07, 6.45) is -3.71. The summed E-state index contributed by atoms with van der Waals surface area (Å²) in [5, 5.41) is 0.177. The maximum absolute atomic E-state index is 12.0. The minimum Gasteiger partial charge on any atom is -0.364 e. The van der Waals surface area contributed by atoms with Crippen molar-refractivity contribution in [2.45, 2.75) is 33.1 Å². The molecule has 108 valence electrons. The first-order chi connectivity index (χ1) is 8.69. The first-order valence-electron chi connectivity index (χ1n) is 5.54. The second-order valence-corrected chi connectivity index (χ2v) is 5.55. The molecule has 0 aliphatic heterocycles. The summed E-state index contributed by atoms with van der Waals surface area (Å²) >= 11 is 9.16. The van der Waals surface area contributed by atoms with Gasteiger partial charge in [0.25, 0.3) is 0 Å². The van der Waals surface area contributed by atoms with Gasteiger partial charge in [-0.1, -0.05) is 25.4 Å². The number of alkyl halides is 3. The van der Waals surface area contributed by atoms with E-state index in [1.165, 1.54) is 0 Å². The van der Waals surface area contributed by atoms with Crippen LogP contribution in [0.2, 0.25) is 5.15 Å². The summed E-state index contributed by atoms with van der Waals surface area (Å²) in [5.74, 6) is 0.485. The van der Waals surface area contributed by atoms with Crippen LogP contribution in [-0.4, -0.2) is 22.8 Å². The van der Waals surface area contributed by atoms with E-state index in [-0.39, 0.29) is 17.6 Å². The fourth-order valence-corrected chi connectivity index (χ4v) is 1.90. The minimum atomic E-state index is -4.36. The summed E-state index contributed by atoms with van der Waals surface area (Å²) in [5.41, 5.74) is 0.667. The van der Waals surface area contributed by atoms with Crippen molar-refractivity contribution in [3.63, 3.8) is 0 Å². The molecule has 0 radical (unpaired) electrons. The molecule has 0 saturated carbocycles. The zero-order valence-corrected chi connectivity index (χ0v) is 12.7. The molecule has 19 heavy (non-hydrogen) atoms. The fourth-order valence-electron chi connectivity index (χ4n) is 1.36. The highest BCUT2D eigenvalue weighted by atomic mass is 79.9. The van der Waals surface area contributed by atoms with E-state index in [1.807, 2.05) is 13.8 Å². The molecule has 1 rings (SSSR count). The van der Waals surface area contributed by atoms with Gasteiger partial charge in [0.1, 0.15) is 18.4 Å². The minimum absolute atomic E-state index is 0.146. The number of nitrogens with zero attached hydrogens (tertiary/aromatic N) is 2. The van der Waals surface area contributed by atoms with E-state index >= 15 is 0 Å². The Morgan fingerprint density at radius 3 is 2.47 bits per heavy atom. The number of halogens is 5. The van der Waals surface area contributed by atoms with Crippen LogP contribution < -0.4 is 0 Å². The molecule has 1 heterocycles. The van der Waals surface area contributed by atoms with Crippen LogP contribution in [0.15, 0.2) is 4.47 Å². The van der Waals surface area contributed by atoms with Crippen molar-refractivity contribution in [1.82, 2.24) is 9.97 Å². The first kappa shape index (κ1) is 16.7. The van der Waals surface area contributed by atoms with E-state index in [0.717, 1.165) is 0 Å². The van der Waals surface area contributed by atoms with E-state index in [4.69, 9.17) is 11.6 Å². The normalized spacial score (nSPS) is 12.2. The fraction of sp³-hybridized carbons (Fsp3) is 0.636. The molecule has 0 aliphatic rings. The van der Waals surface area contributed by atoms with Gasteiger partial charge in [0.15, 0.2) is 5.82 Å². The number of ether oxygens (including phenoxy) is 1. The maximum Gasteiger partial charge on any atom is 0.411 e. The average Bonchev–Trinajstić information content (AvgIpc) is 2.22. The molecule has 0 aromatic carbocycles. The van der Waals surface area contributed by atoms with Gasteiger partial charge in [-0.25, -0.2) is 9.97 Å². The standard InChI is InChI=1S/C11H13BrClF3N2O/c1-6(2)3-7-9(12)10(13)18-8(17-7)4-19-5-11(14,15)16/h6H,3-5H2,1-2H3. The van der Waals surface area contributed by atoms with E-state index in [9.17, 15) is 13.2 Å². The molecule has 0 saturated heterocycles. The highest BCUT2D eigenvalue weighted by molar-refractivity contribution is 9.10. The Morgan fingerprint density at radius 2 is 1.95 bits per heavy atom. The molecule has 0 amide bonds. The molecular formula is C11H13BrClF3N2O. The third-order valence-electron chi connectivity index (χ3n) is 2.02. The second kappa shape index (κ2) is 6.85. The molecule has 0 bridgehead atoms. The Bertz CT molecular complexity index is 441. The van der Waals surface area contributed by atoms with Crippen LogP contribution >= 0.6 is 27.5 Å². The highest BCUT2D eigenvalue weighted by Gasteiger charge is 2.27. The lowest BCUT2D eigenvalue weighted by atomic mass is 10.1. The summed E-state index contributed by atoms with van der Waals surface area (Å²) in [4.78, 5) is 8.03. The van der Waals surface area contributed by atoms with Crippen molar-refractivity contribution in [2.24, 2.45) is 5.92 Å². The van der Waals surface area contributed by atoms with Crippen LogP contribution in [0.5, 0.6) is 0 Å². The van der Waals surface area contributed by atoms with Crippen molar-refractivity contribution < 1.29 is 17.9 Å². The molecular weight excluding hydrogens is 348 g/mol. The van der Waals surface area contributed by atoms with Gasteiger partial charge < -0.3 is 4.74 Å². The van der Waals surface area contributed by atoms with Crippen molar-refractivity contribution in [3.05, 3.63) is 21.1 Å². The molecule has 1 aromatic rings. The van der Waals surface area contributed by atoms with Crippen LogP contribution in [0, 0.1) is 5.92 Å². The van der Waals surface area contributed by atoms with Gasteiger partial charge in [0, 0.05) is 0 Å². The summed E-state index contributed by atoms with van der Waals surface area (Å²) in [7, 11) is 0. The number of hydrogen-bond acceptors (Lipinski definition) is 3. The Hall–Kier alpha value is -0.400. The Morgan fingerprint density at radius 1 is 1.32 bits per heavy atom. The Balaban J connectivity index is 2.76. The number of rotatable bonds is 5. The quantitative estimate of drug-likeness (QED) is 0.738. The van der Waals surface area contributed by atoms with Crippen LogP contribution in [0.3, 0.4) is 0 Å². The molecule has 0 fully saturated rings. The molecule has 0 spiro atoms. The molecule has 8 heteroatoms. The van der Waals surface area contributed by atoms with Crippen molar-refractivity contribution in [2.75, 3.05) is 6.61 Å². The Labute approximate surface area is 122 Å². The van der Waals surface area contributed by atoms with E-state index in [0.29, 0.717) is 22.5 Å². The van der Waals surface area contributed by atoms with Gasteiger partial charge in [0.2, 0.25) is 0 Å². The predicted octanol–water partition coefficient (Wildman–Crippen LogP) is 4.17. The van der Waals surface area contributed by atoms with Crippen molar-refractivity contribution in [3.8, 4) is 0 Å². The third kappa shape index (κ3) is 6.05. The number of aromatic nitrogens is 2. The monoisotopic (exact) mass is 360 g/mol. The molecule has 0 unspecified atom stereocenters. The van der Waals surface area contributed by atoms with Crippen molar-refractivity contribution >= 4 is 27.5 Å². The van der Waals surface area contributed by atoms with Gasteiger partial charge in [-0.15, -0.1) is 0 Å². The molecule has 0 atom stereocenters. The Kier molecular flexibility index (Phi) is 6.01. The van der Waals surface area contributed by atoms with Gasteiger partial charge in [-0.05, 0) is 28.3 Å². The van der Waals surface area contributed by atoms with E-state index < -0.39 is 12.8 Å². The van der Waals surface area contributed by atoms with E-state index in [1.54, 1.807) is 0 Å². The lowest BCUT2D eigenvalue weighted by Crippen LogP contribution is -2.17. The predicted molar refractivity (Wildman–Crippen MR) is 69.0 cm³/mol. The molecule has 1 aromatic heterocycles. The second-order valence-electron chi connectivity index (χ2n) is 4.40. The topological polar surface area (TPSA) is 35.0 Å².